The number of hydrogen-bond acceptors (Lipinski definition) is 8. The maximum Gasteiger partial charge on any atom is 0.229 e. The quantitative estimate of drug-likeness (QED) is 0.338. The lowest BCUT2D eigenvalue weighted by Crippen LogP contribution is -2.21. The highest BCUT2D eigenvalue weighted by Crippen LogP contribution is 2.30. The highest BCUT2D eigenvalue weighted by molar-refractivity contribution is 7.91. The summed E-state index contributed by atoms with van der Waals surface area (Å²) in [5, 5.41) is 21.3. The topological polar surface area (TPSA) is 129 Å². The average Bonchev–Trinajstić information content (AvgIpc) is 3.13. The summed E-state index contributed by atoms with van der Waals surface area (Å²) in [5.41, 5.74) is 3.35. The molecular weight excluding hydrogens is 426 g/mol. The van der Waals surface area contributed by atoms with Crippen LogP contribution in [0.4, 0.5) is 17.5 Å². The number of aromatic nitrogens is 4. The summed E-state index contributed by atoms with van der Waals surface area (Å²) in [6.45, 7) is 1.82. The Balaban J connectivity index is 1.68. The van der Waals surface area contributed by atoms with Gasteiger partial charge in [-0.05, 0) is 48.9 Å². The number of fused-ring (bicyclic) bond motifs is 1. The van der Waals surface area contributed by atoms with E-state index >= 15 is 0 Å². The van der Waals surface area contributed by atoms with Gasteiger partial charge < -0.3 is 15.7 Å². The van der Waals surface area contributed by atoms with Crippen LogP contribution in [0.2, 0.25) is 0 Å². The predicted octanol–water partition coefficient (Wildman–Crippen LogP) is 3.60. The van der Waals surface area contributed by atoms with E-state index < -0.39 is 9.73 Å². The Morgan fingerprint density at radius 1 is 1.22 bits per heavy atom. The van der Waals surface area contributed by atoms with Gasteiger partial charge in [-0.25, -0.2) is 14.0 Å². The maximum atomic E-state index is 11.9. The number of nitrogens with zero attached hydrogens (tertiary/aromatic N) is 4. The molecule has 0 unspecified atom stereocenters. The van der Waals surface area contributed by atoms with Crippen molar-refractivity contribution in [2.45, 2.75) is 17.9 Å². The molecule has 32 heavy (non-hydrogen) atoms. The molecule has 0 spiro atoms. The molecule has 0 bridgehead atoms. The van der Waals surface area contributed by atoms with Crippen molar-refractivity contribution >= 4 is 38.1 Å². The second-order valence-corrected chi connectivity index (χ2v) is 9.91. The molecule has 0 radical (unpaired) electrons. The second kappa shape index (κ2) is 8.56. The van der Waals surface area contributed by atoms with Gasteiger partial charge in [-0.15, -0.1) is 0 Å². The van der Waals surface area contributed by atoms with Gasteiger partial charge >= 0.3 is 0 Å². The van der Waals surface area contributed by atoms with E-state index in [0.29, 0.717) is 22.3 Å². The fraction of sp³-hybridized carbons (Fsp3) is 0.227. The van der Waals surface area contributed by atoms with Crippen LogP contribution in [-0.4, -0.2) is 48.0 Å². The highest BCUT2D eigenvalue weighted by atomic mass is 32.2. The highest BCUT2D eigenvalue weighted by Gasteiger charge is 2.13. The van der Waals surface area contributed by atoms with Gasteiger partial charge in [0.25, 0.3) is 0 Å². The summed E-state index contributed by atoms with van der Waals surface area (Å²) in [7, 11) is -0.881. The van der Waals surface area contributed by atoms with Crippen LogP contribution in [0.1, 0.15) is 6.92 Å². The summed E-state index contributed by atoms with van der Waals surface area (Å²) in [5.74, 6) is 0.964. The number of rotatable bonds is 7. The molecule has 9 nitrogen and oxygen atoms in total. The van der Waals surface area contributed by atoms with Crippen molar-refractivity contribution in [3.8, 4) is 11.1 Å². The van der Waals surface area contributed by atoms with Gasteiger partial charge in [0, 0.05) is 53.3 Å². The van der Waals surface area contributed by atoms with E-state index in [0.717, 1.165) is 22.0 Å². The van der Waals surface area contributed by atoms with Crippen molar-refractivity contribution in [3.63, 3.8) is 0 Å². The number of hydrogen-bond donors (Lipinski definition) is 4. The Hall–Kier alpha value is -3.50. The molecule has 4 aromatic rings. The molecule has 2 heterocycles. The molecule has 2 aromatic heterocycles. The minimum Gasteiger partial charge on any atom is -0.394 e. The fourth-order valence-corrected chi connectivity index (χ4v) is 3.94. The lowest BCUT2D eigenvalue weighted by molar-refractivity contribution is 0.281. The van der Waals surface area contributed by atoms with E-state index in [1.54, 1.807) is 35.1 Å². The van der Waals surface area contributed by atoms with Gasteiger partial charge in [0.1, 0.15) is 5.82 Å². The standard InChI is InChI=1S/C22H25N7O2S/c1-14(13-30)25-21-19(15-4-9-20-16(10-15)12-29(2)28-20)11-24-22(27-21)26-17-5-7-18(8-6-17)32(3,23)31/h4-12,14,23,30H,13H2,1-3H3,(H2,24,25,26,27)/t14-,32+/m1/s1. The number of aryl methyl sites for hydroxylation is 1. The monoisotopic (exact) mass is 451 g/mol. The van der Waals surface area contributed by atoms with Crippen molar-refractivity contribution < 1.29 is 9.32 Å². The third-order valence-corrected chi connectivity index (χ3v) is 6.11. The van der Waals surface area contributed by atoms with Gasteiger partial charge in [0.05, 0.1) is 21.9 Å². The number of nitrogens with one attached hydrogen (secondary N) is 3. The third kappa shape index (κ3) is 4.71. The van der Waals surface area contributed by atoms with Crippen LogP contribution in [0.15, 0.2) is 59.8 Å². The molecule has 4 rings (SSSR count). The van der Waals surface area contributed by atoms with E-state index in [1.807, 2.05) is 38.4 Å². The molecule has 0 aliphatic rings. The van der Waals surface area contributed by atoms with Crippen molar-refractivity contribution in [1.82, 2.24) is 19.7 Å². The lowest BCUT2D eigenvalue weighted by atomic mass is 10.1. The minimum absolute atomic E-state index is 0.0429. The first-order valence-corrected chi connectivity index (χ1v) is 12.0. The average molecular weight is 452 g/mol. The molecule has 2 atom stereocenters. The molecule has 10 heteroatoms. The Morgan fingerprint density at radius 3 is 2.66 bits per heavy atom. The zero-order valence-electron chi connectivity index (χ0n) is 18.0. The summed E-state index contributed by atoms with van der Waals surface area (Å²) in [6.07, 6.45) is 5.07. The third-order valence-electron chi connectivity index (χ3n) is 4.94. The molecule has 0 aliphatic heterocycles. The van der Waals surface area contributed by atoms with Crippen LogP contribution >= 0.6 is 0 Å². The van der Waals surface area contributed by atoms with E-state index in [1.165, 1.54) is 6.26 Å². The molecule has 166 valence electrons. The molecule has 0 saturated heterocycles. The first kappa shape index (κ1) is 21.7. The van der Waals surface area contributed by atoms with Gasteiger partial charge in [-0.3, -0.25) is 4.68 Å². The van der Waals surface area contributed by atoms with Crippen molar-refractivity contribution in [2.75, 3.05) is 23.5 Å². The molecule has 2 aromatic carbocycles. The first-order chi connectivity index (χ1) is 15.2. The smallest absolute Gasteiger partial charge is 0.229 e. The summed E-state index contributed by atoms with van der Waals surface area (Å²) < 4.78 is 21.3. The first-order valence-electron chi connectivity index (χ1n) is 10.0. The van der Waals surface area contributed by atoms with E-state index in [9.17, 15) is 9.32 Å². The fourth-order valence-electron chi connectivity index (χ4n) is 3.29. The zero-order valence-corrected chi connectivity index (χ0v) is 18.8. The molecule has 0 amide bonds. The largest absolute Gasteiger partial charge is 0.394 e. The van der Waals surface area contributed by atoms with E-state index in [2.05, 4.69) is 25.7 Å². The van der Waals surface area contributed by atoms with Crippen LogP contribution < -0.4 is 10.6 Å². The Bertz CT molecular complexity index is 1370. The van der Waals surface area contributed by atoms with Crippen LogP contribution in [0.5, 0.6) is 0 Å². The number of aliphatic hydroxyl groups is 1. The van der Waals surface area contributed by atoms with Gasteiger partial charge in [0.15, 0.2) is 0 Å². The van der Waals surface area contributed by atoms with Crippen molar-refractivity contribution in [3.05, 3.63) is 54.9 Å². The summed E-state index contributed by atoms with van der Waals surface area (Å²) >= 11 is 0. The summed E-state index contributed by atoms with van der Waals surface area (Å²) in [4.78, 5) is 9.55. The van der Waals surface area contributed by atoms with E-state index in [4.69, 9.17) is 4.78 Å². The molecular formula is C22H25N7O2S. The van der Waals surface area contributed by atoms with E-state index in [-0.39, 0.29) is 12.6 Å². The molecule has 0 saturated carbocycles. The number of aliphatic hydroxyl groups excluding tert-OH is 1. The van der Waals surface area contributed by atoms with Crippen LogP contribution in [0, 0.1) is 4.78 Å². The molecule has 0 aliphatic carbocycles. The predicted molar refractivity (Wildman–Crippen MR) is 127 cm³/mol. The van der Waals surface area contributed by atoms with Gasteiger partial charge in [-0.2, -0.15) is 10.1 Å². The SMILES string of the molecule is C[C@H](CO)Nc1nc(Nc2ccc([S@@](C)(=N)=O)cc2)ncc1-c1ccc2nn(C)cc2c1. The minimum atomic E-state index is -2.76. The number of benzene rings is 2. The Kier molecular flexibility index (Phi) is 5.81. The van der Waals surface area contributed by atoms with Gasteiger partial charge in [-0.1, -0.05) is 6.07 Å². The Labute approximate surface area is 186 Å². The van der Waals surface area contributed by atoms with Crippen LogP contribution in [0.3, 0.4) is 0 Å². The summed E-state index contributed by atoms with van der Waals surface area (Å²) in [6, 6.07) is 12.5. The molecule has 4 N–H and O–H groups in total. The van der Waals surface area contributed by atoms with Gasteiger partial charge in [0.2, 0.25) is 5.95 Å². The van der Waals surface area contributed by atoms with Crippen molar-refractivity contribution in [1.29, 1.82) is 4.78 Å². The normalized spacial score (nSPS) is 14.1. The Morgan fingerprint density at radius 2 is 1.97 bits per heavy atom. The van der Waals surface area contributed by atoms with Crippen LogP contribution in [-0.2, 0) is 16.8 Å². The number of anilines is 3. The molecule has 0 fully saturated rings. The second-order valence-electron chi connectivity index (χ2n) is 7.75. The van der Waals surface area contributed by atoms with Crippen LogP contribution in [0.25, 0.3) is 22.0 Å². The zero-order chi connectivity index (χ0) is 22.9. The maximum absolute atomic E-state index is 11.9. The lowest BCUT2D eigenvalue weighted by Gasteiger charge is -2.16. The van der Waals surface area contributed by atoms with Crippen molar-refractivity contribution in [2.24, 2.45) is 7.05 Å².